The van der Waals surface area contributed by atoms with Crippen molar-refractivity contribution in [3.63, 3.8) is 0 Å². The van der Waals surface area contributed by atoms with E-state index in [1.54, 1.807) is 12.4 Å². The highest BCUT2D eigenvalue weighted by Crippen LogP contribution is 2.25. The first-order valence-corrected chi connectivity index (χ1v) is 9.47. The van der Waals surface area contributed by atoms with Crippen molar-refractivity contribution in [1.82, 2.24) is 19.9 Å². The molecule has 0 amide bonds. The van der Waals surface area contributed by atoms with Gasteiger partial charge < -0.3 is 10.2 Å². The number of para-hydroxylation sites is 1. The predicted octanol–water partition coefficient (Wildman–Crippen LogP) is 3.84. The molecule has 1 fully saturated rings. The van der Waals surface area contributed by atoms with Crippen LogP contribution in [0.25, 0.3) is 22.3 Å². The van der Waals surface area contributed by atoms with E-state index in [4.69, 9.17) is 9.97 Å². The fourth-order valence-electron chi connectivity index (χ4n) is 3.69. The molecule has 0 aliphatic carbocycles. The normalized spacial score (nSPS) is 18.1. The summed E-state index contributed by atoms with van der Waals surface area (Å²) in [6, 6.07) is 12.1. The number of anilines is 1. The van der Waals surface area contributed by atoms with E-state index >= 15 is 0 Å². The molecule has 0 spiro atoms. The lowest BCUT2D eigenvalue weighted by Crippen LogP contribution is -2.37. The van der Waals surface area contributed by atoms with Crippen LogP contribution in [0, 0.1) is 5.92 Å². The summed E-state index contributed by atoms with van der Waals surface area (Å²) < 4.78 is 0. The molecule has 1 aliphatic rings. The SMILES string of the molecule is CCN1CCCC(CNc2nc(-c3ccncc3)nc3ccccc23)C1. The number of hydrogen-bond donors (Lipinski definition) is 1. The van der Waals surface area contributed by atoms with Gasteiger partial charge in [0.1, 0.15) is 5.82 Å². The molecule has 2 aromatic heterocycles. The number of hydrogen-bond acceptors (Lipinski definition) is 5. The van der Waals surface area contributed by atoms with E-state index in [2.05, 4.69) is 28.2 Å². The zero-order chi connectivity index (χ0) is 17.8. The number of rotatable bonds is 5. The second-order valence-corrected chi connectivity index (χ2v) is 6.93. The smallest absolute Gasteiger partial charge is 0.162 e. The lowest BCUT2D eigenvalue weighted by Gasteiger charge is -2.32. The zero-order valence-electron chi connectivity index (χ0n) is 15.2. The molecule has 1 unspecified atom stereocenters. The number of benzene rings is 1. The zero-order valence-corrected chi connectivity index (χ0v) is 15.2. The van der Waals surface area contributed by atoms with Crippen molar-refractivity contribution < 1.29 is 0 Å². The Labute approximate surface area is 154 Å². The molecule has 26 heavy (non-hydrogen) atoms. The van der Waals surface area contributed by atoms with Crippen molar-refractivity contribution in [1.29, 1.82) is 0 Å². The Morgan fingerprint density at radius 2 is 1.96 bits per heavy atom. The molecule has 1 saturated heterocycles. The van der Waals surface area contributed by atoms with E-state index in [0.717, 1.165) is 41.2 Å². The lowest BCUT2D eigenvalue weighted by atomic mass is 9.98. The maximum Gasteiger partial charge on any atom is 0.162 e. The third kappa shape index (κ3) is 3.68. The topological polar surface area (TPSA) is 53.9 Å². The number of nitrogens with zero attached hydrogens (tertiary/aromatic N) is 4. The van der Waals surface area contributed by atoms with Gasteiger partial charge in [0, 0.05) is 36.4 Å². The Morgan fingerprint density at radius 1 is 1.12 bits per heavy atom. The van der Waals surface area contributed by atoms with Gasteiger partial charge in [0.25, 0.3) is 0 Å². The van der Waals surface area contributed by atoms with E-state index in [1.807, 2.05) is 30.3 Å². The summed E-state index contributed by atoms with van der Waals surface area (Å²) in [7, 11) is 0. The summed E-state index contributed by atoms with van der Waals surface area (Å²) in [4.78, 5) is 16.2. The molecule has 0 saturated carbocycles. The van der Waals surface area contributed by atoms with Crippen LogP contribution in [-0.4, -0.2) is 46.0 Å². The number of aromatic nitrogens is 3. The van der Waals surface area contributed by atoms with Gasteiger partial charge in [-0.25, -0.2) is 9.97 Å². The minimum absolute atomic E-state index is 0.668. The Morgan fingerprint density at radius 3 is 2.81 bits per heavy atom. The fourth-order valence-corrected chi connectivity index (χ4v) is 3.69. The van der Waals surface area contributed by atoms with Crippen LogP contribution in [0.5, 0.6) is 0 Å². The van der Waals surface area contributed by atoms with E-state index < -0.39 is 0 Å². The standard InChI is InChI=1S/C21H25N5/c1-2-26-13-5-6-16(15-26)14-23-21-18-7-3-4-8-19(18)24-20(25-21)17-9-11-22-12-10-17/h3-4,7-12,16H,2,5-6,13-15H2,1H3,(H,23,24,25). The van der Waals surface area contributed by atoms with E-state index in [-0.39, 0.29) is 0 Å². The van der Waals surface area contributed by atoms with Crippen molar-refractivity contribution in [2.75, 3.05) is 31.5 Å². The summed E-state index contributed by atoms with van der Waals surface area (Å²) in [6.45, 7) is 6.74. The average molecular weight is 347 g/mol. The highest BCUT2D eigenvalue weighted by atomic mass is 15.1. The first-order chi connectivity index (χ1) is 12.8. The summed E-state index contributed by atoms with van der Waals surface area (Å²) in [5.41, 5.74) is 1.96. The van der Waals surface area contributed by atoms with Gasteiger partial charge in [0.15, 0.2) is 5.82 Å². The molecule has 1 aromatic carbocycles. The van der Waals surface area contributed by atoms with Gasteiger partial charge in [-0.3, -0.25) is 4.98 Å². The minimum Gasteiger partial charge on any atom is -0.369 e. The highest BCUT2D eigenvalue weighted by molar-refractivity contribution is 5.90. The number of nitrogens with one attached hydrogen (secondary N) is 1. The quantitative estimate of drug-likeness (QED) is 0.760. The number of fused-ring (bicyclic) bond motifs is 1. The highest BCUT2D eigenvalue weighted by Gasteiger charge is 2.19. The van der Waals surface area contributed by atoms with Crippen molar-refractivity contribution in [2.24, 2.45) is 5.92 Å². The summed E-state index contributed by atoms with van der Waals surface area (Å²) in [6.07, 6.45) is 6.13. The Hall–Kier alpha value is -2.53. The number of piperidine rings is 1. The minimum atomic E-state index is 0.668. The molecule has 3 heterocycles. The van der Waals surface area contributed by atoms with Crippen molar-refractivity contribution in [2.45, 2.75) is 19.8 Å². The maximum atomic E-state index is 4.83. The first kappa shape index (κ1) is 16.9. The largest absolute Gasteiger partial charge is 0.369 e. The van der Waals surface area contributed by atoms with Crippen molar-refractivity contribution in [3.8, 4) is 11.4 Å². The van der Waals surface area contributed by atoms with Gasteiger partial charge in [-0.05, 0) is 56.1 Å². The molecule has 1 aliphatic heterocycles. The Balaban J connectivity index is 1.61. The van der Waals surface area contributed by atoms with Crippen molar-refractivity contribution >= 4 is 16.7 Å². The average Bonchev–Trinajstić information content (AvgIpc) is 2.72. The fraction of sp³-hybridized carbons (Fsp3) is 0.381. The van der Waals surface area contributed by atoms with Crippen LogP contribution in [0.1, 0.15) is 19.8 Å². The summed E-state index contributed by atoms with van der Waals surface area (Å²) in [5.74, 6) is 2.34. The predicted molar refractivity (Wildman–Crippen MR) is 106 cm³/mol. The van der Waals surface area contributed by atoms with Crippen LogP contribution in [-0.2, 0) is 0 Å². The Bertz CT molecular complexity index is 865. The summed E-state index contributed by atoms with van der Waals surface area (Å²) >= 11 is 0. The molecule has 4 rings (SSSR count). The molecule has 134 valence electrons. The molecular formula is C21H25N5. The second kappa shape index (κ2) is 7.79. The van der Waals surface area contributed by atoms with Gasteiger partial charge in [0.2, 0.25) is 0 Å². The van der Waals surface area contributed by atoms with Gasteiger partial charge >= 0.3 is 0 Å². The monoisotopic (exact) mass is 347 g/mol. The van der Waals surface area contributed by atoms with Crippen molar-refractivity contribution in [3.05, 3.63) is 48.8 Å². The first-order valence-electron chi connectivity index (χ1n) is 9.47. The molecule has 1 atom stereocenters. The van der Waals surface area contributed by atoms with Crippen LogP contribution >= 0.6 is 0 Å². The second-order valence-electron chi connectivity index (χ2n) is 6.93. The molecule has 0 bridgehead atoms. The van der Waals surface area contributed by atoms with Gasteiger partial charge in [-0.15, -0.1) is 0 Å². The molecule has 5 heteroatoms. The van der Waals surface area contributed by atoms with Gasteiger partial charge in [-0.1, -0.05) is 19.1 Å². The number of pyridine rings is 1. The molecule has 1 N–H and O–H groups in total. The van der Waals surface area contributed by atoms with Crippen LogP contribution in [0.2, 0.25) is 0 Å². The Kier molecular flexibility index (Phi) is 5.07. The third-order valence-corrected chi connectivity index (χ3v) is 5.15. The molecule has 5 nitrogen and oxygen atoms in total. The molecular weight excluding hydrogens is 322 g/mol. The van der Waals surface area contributed by atoms with E-state index in [1.165, 1.54) is 25.9 Å². The van der Waals surface area contributed by atoms with E-state index in [0.29, 0.717) is 5.92 Å². The van der Waals surface area contributed by atoms with Gasteiger partial charge in [-0.2, -0.15) is 0 Å². The number of likely N-dealkylation sites (tertiary alicyclic amines) is 1. The van der Waals surface area contributed by atoms with E-state index in [9.17, 15) is 0 Å². The van der Waals surface area contributed by atoms with Crippen LogP contribution in [0.3, 0.4) is 0 Å². The summed E-state index contributed by atoms with van der Waals surface area (Å²) in [5, 5.41) is 4.70. The lowest BCUT2D eigenvalue weighted by molar-refractivity contribution is 0.189. The van der Waals surface area contributed by atoms with Crippen LogP contribution in [0.15, 0.2) is 48.8 Å². The molecule has 0 radical (unpaired) electrons. The maximum absolute atomic E-state index is 4.83. The molecule has 3 aromatic rings. The third-order valence-electron chi connectivity index (χ3n) is 5.15. The van der Waals surface area contributed by atoms with Crippen LogP contribution in [0.4, 0.5) is 5.82 Å². The van der Waals surface area contributed by atoms with Gasteiger partial charge in [0.05, 0.1) is 5.52 Å². The van der Waals surface area contributed by atoms with Crippen LogP contribution < -0.4 is 5.32 Å².